The second-order valence-corrected chi connectivity index (χ2v) is 6.93. The Labute approximate surface area is 181 Å². The first kappa shape index (κ1) is 23.7. The molecule has 1 saturated heterocycles. The van der Waals surface area contributed by atoms with Crippen molar-refractivity contribution in [2.45, 2.75) is 47.0 Å². The van der Waals surface area contributed by atoms with Gasteiger partial charge in [-0.2, -0.15) is 0 Å². The van der Waals surface area contributed by atoms with Crippen molar-refractivity contribution >= 4 is 35.9 Å². The van der Waals surface area contributed by atoms with Gasteiger partial charge in [-0.15, -0.1) is 24.0 Å². The fourth-order valence-corrected chi connectivity index (χ4v) is 3.42. The number of ether oxygens (including phenoxy) is 1. The number of hydrogen-bond donors (Lipinski definition) is 1. The molecule has 1 aromatic rings. The van der Waals surface area contributed by atoms with Crippen LogP contribution < -0.4 is 5.32 Å². The largest absolute Gasteiger partial charge is 0.466 e. The third-order valence-electron chi connectivity index (χ3n) is 4.89. The Morgan fingerprint density at radius 1 is 1.26 bits per heavy atom. The Morgan fingerprint density at radius 2 is 1.96 bits per heavy atom. The van der Waals surface area contributed by atoms with Crippen molar-refractivity contribution in [1.82, 2.24) is 10.2 Å². The zero-order valence-electron chi connectivity index (χ0n) is 17.1. The highest BCUT2D eigenvalue weighted by Gasteiger charge is 2.27. The van der Waals surface area contributed by atoms with E-state index in [0.29, 0.717) is 6.61 Å². The summed E-state index contributed by atoms with van der Waals surface area (Å²) >= 11 is 0. The van der Waals surface area contributed by atoms with Crippen LogP contribution in [0.1, 0.15) is 43.4 Å². The van der Waals surface area contributed by atoms with Gasteiger partial charge in [-0.05, 0) is 58.1 Å². The lowest BCUT2D eigenvalue weighted by molar-refractivity contribution is -0.149. The lowest BCUT2D eigenvalue weighted by Gasteiger charge is -2.33. The van der Waals surface area contributed by atoms with E-state index in [9.17, 15) is 4.79 Å². The molecular weight excluding hydrogens is 453 g/mol. The molecule has 0 spiro atoms. The summed E-state index contributed by atoms with van der Waals surface area (Å²) in [6.45, 7) is 12.0. The van der Waals surface area contributed by atoms with Gasteiger partial charge < -0.3 is 15.0 Å². The smallest absolute Gasteiger partial charge is 0.309 e. The summed E-state index contributed by atoms with van der Waals surface area (Å²) in [7, 11) is 0. The monoisotopic (exact) mass is 487 g/mol. The molecule has 0 atom stereocenters. The van der Waals surface area contributed by atoms with Crippen molar-refractivity contribution in [3.05, 3.63) is 34.9 Å². The molecular formula is C21H34IN3O2. The number of aliphatic imine (C=N–C) groups is 1. The molecule has 1 N–H and O–H groups in total. The third kappa shape index (κ3) is 7.31. The van der Waals surface area contributed by atoms with Crippen LogP contribution in [-0.4, -0.2) is 49.6 Å². The number of likely N-dealkylation sites (tertiary alicyclic amines) is 1. The number of esters is 1. The summed E-state index contributed by atoms with van der Waals surface area (Å²) in [6.07, 6.45) is 2.61. The molecule has 1 aliphatic heterocycles. The summed E-state index contributed by atoms with van der Waals surface area (Å²) in [4.78, 5) is 19.0. The Balaban J connectivity index is 0.00000364. The van der Waals surface area contributed by atoms with Gasteiger partial charge in [0.05, 0.1) is 12.5 Å². The first-order valence-electron chi connectivity index (χ1n) is 9.81. The first-order chi connectivity index (χ1) is 12.5. The molecule has 1 aromatic carbocycles. The van der Waals surface area contributed by atoms with Gasteiger partial charge in [-0.1, -0.05) is 23.8 Å². The number of carbonyl (C=O) groups excluding carboxylic acids is 1. The van der Waals surface area contributed by atoms with Gasteiger partial charge in [0, 0.05) is 26.2 Å². The fourth-order valence-electron chi connectivity index (χ4n) is 3.42. The van der Waals surface area contributed by atoms with E-state index in [-0.39, 0.29) is 35.9 Å². The van der Waals surface area contributed by atoms with E-state index in [2.05, 4.69) is 49.2 Å². The highest BCUT2D eigenvalue weighted by atomic mass is 127. The van der Waals surface area contributed by atoms with Crippen LogP contribution in [0.2, 0.25) is 0 Å². The minimum atomic E-state index is -0.0519. The molecule has 152 valence electrons. The van der Waals surface area contributed by atoms with Gasteiger partial charge in [0.1, 0.15) is 0 Å². The summed E-state index contributed by atoms with van der Waals surface area (Å²) in [5, 5.41) is 3.39. The maximum absolute atomic E-state index is 11.9. The minimum Gasteiger partial charge on any atom is -0.466 e. The molecule has 0 saturated carbocycles. The number of guanidine groups is 1. The van der Waals surface area contributed by atoms with Crippen LogP contribution in [0.3, 0.4) is 0 Å². The normalized spacial score (nSPS) is 15.3. The van der Waals surface area contributed by atoms with Gasteiger partial charge in [0.25, 0.3) is 0 Å². The first-order valence-corrected chi connectivity index (χ1v) is 9.81. The average molecular weight is 487 g/mol. The molecule has 27 heavy (non-hydrogen) atoms. The van der Waals surface area contributed by atoms with E-state index in [1.807, 2.05) is 6.92 Å². The number of benzene rings is 1. The topological polar surface area (TPSA) is 53.9 Å². The number of carbonyl (C=O) groups is 1. The van der Waals surface area contributed by atoms with Gasteiger partial charge in [0.15, 0.2) is 5.96 Å². The van der Waals surface area contributed by atoms with Crippen LogP contribution in [0.15, 0.2) is 23.2 Å². The second-order valence-electron chi connectivity index (χ2n) is 6.93. The van der Waals surface area contributed by atoms with Crippen molar-refractivity contribution in [3.63, 3.8) is 0 Å². The molecule has 1 aliphatic rings. The quantitative estimate of drug-likeness (QED) is 0.288. The molecule has 0 aliphatic carbocycles. The van der Waals surface area contributed by atoms with Crippen molar-refractivity contribution in [2.24, 2.45) is 10.9 Å². The Morgan fingerprint density at radius 3 is 2.56 bits per heavy atom. The number of nitrogens with one attached hydrogen (secondary N) is 1. The second kappa shape index (κ2) is 12.2. The van der Waals surface area contributed by atoms with Crippen LogP contribution in [-0.2, 0) is 16.0 Å². The maximum Gasteiger partial charge on any atom is 0.309 e. The average Bonchev–Trinajstić information content (AvgIpc) is 2.63. The van der Waals surface area contributed by atoms with E-state index >= 15 is 0 Å². The number of halogens is 1. The summed E-state index contributed by atoms with van der Waals surface area (Å²) in [5.41, 5.74) is 3.99. The zero-order chi connectivity index (χ0) is 18.9. The number of piperidine rings is 1. The molecule has 1 fully saturated rings. The summed E-state index contributed by atoms with van der Waals surface area (Å²) < 4.78 is 5.15. The van der Waals surface area contributed by atoms with Crippen LogP contribution in [0, 0.1) is 19.8 Å². The number of rotatable bonds is 6. The lowest BCUT2D eigenvalue weighted by Crippen LogP contribution is -2.46. The number of nitrogens with zero attached hydrogens (tertiary/aromatic N) is 2. The van der Waals surface area contributed by atoms with Crippen molar-refractivity contribution < 1.29 is 9.53 Å². The molecule has 0 unspecified atom stereocenters. The van der Waals surface area contributed by atoms with Crippen LogP contribution >= 0.6 is 24.0 Å². The number of aryl methyl sites for hydroxylation is 2. The zero-order valence-corrected chi connectivity index (χ0v) is 19.4. The molecule has 1 heterocycles. The molecule has 2 rings (SSSR count). The van der Waals surface area contributed by atoms with E-state index in [0.717, 1.165) is 51.4 Å². The number of hydrogen-bond acceptors (Lipinski definition) is 3. The Bertz CT molecular complexity index is 626. The van der Waals surface area contributed by atoms with E-state index in [4.69, 9.17) is 9.73 Å². The van der Waals surface area contributed by atoms with Gasteiger partial charge >= 0.3 is 5.97 Å². The Hall–Kier alpha value is -1.31. The van der Waals surface area contributed by atoms with Gasteiger partial charge in [-0.3, -0.25) is 9.79 Å². The highest BCUT2D eigenvalue weighted by molar-refractivity contribution is 14.0. The van der Waals surface area contributed by atoms with E-state index in [1.54, 1.807) is 0 Å². The standard InChI is InChI=1S/C21H33N3O2.HI/c1-5-22-21(23-12-9-18-8-7-16(3)15-17(18)4)24-13-10-19(11-14-24)20(25)26-6-2;/h7-8,15,19H,5-6,9-14H2,1-4H3,(H,22,23);1H. The Kier molecular flexibility index (Phi) is 10.7. The van der Waals surface area contributed by atoms with E-state index < -0.39 is 0 Å². The minimum absolute atomic E-state index is 0. The van der Waals surface area contributed by atoms with Crippen molar-refractivity contribution in [1.29, 1.82) is 0 Å². The predicted octanol–water partition coefficient (Wildman–Crippen LogP) is 3.70. The highest BCUT2D eigenvalue weighted by Crippen LogP contribution is 2.19. The van der Waals surface area contributed by atoms with Gasteiger partial charge in [-0.25, -0.2) is 0 Å². The third-order valence-corrected chi connectivity index (χ3v) is 4.89. The summed E-state index contributed by atoms with van der Waals surface area (Å²) in [5.74, 6) is 0.938. The SMILES string of the molecule is CCNC(=NCCc1ccc(C)cc1C)N1CCC(C(=O)OCC)CC1.I. The van der Waals surface area contributed by atoms with E-state index in [1.165, 1.54) is 16.7 Å². The molecule has 5 nitrogen and oxygen atoms in total. The van der Waals surface area contributed by atoms with Gasteiger partial charge in [0.2, 0.25) is 0 Å². The summed E-state index contributed by atoms with van der Waals surface area (Å²) in [6, 6.07) is 6.60. The predicted molar refractivity (Wildman–Crippen MR) is 122 cm³/mol. The fraction of sp³-hybridized carbons (Fsp3) is 0.619. The molecule has 0 amide bonds. The lowest BCUT2D eigenvalue weighted by atomic mass is 9.97. The van der Waals surface area contributed by atoms with Crippen molar-refractivity contribution in [3.8, 4) is 0 Å². The maximum atomic E-state index is 11.9. The van der Waals surface area contributed by atoms with Crippen LogP contribution in [0.5, 0.6) is 0 Å². The molecule has 6 heteroatoms. The van der Waals surface area contributed by atoms with Crippen LogP contribution in [0.4, 0.5) is 0 Å². The molecule has 0 radical (unpaired) electrons. The molecule has 0 bridgehead atoms. The molecule has 0 aromatic heterocycles. The van der Waals surface area contributed by atoms with Crippen molar-refractivity contribution in [2.75, 3.05) is 32.8 Å². The van der Waals surface area contributed by atoms with Crippen LogP contribution in [0.25, 0.3) is 0 Å².